The molecule has 0 saturated carbocycles. The SMILES string of the molecule is CCCCCCCCCC/C=C\CCCCCCCCCCCCCCCC(=O)OC(COC(=O)CCCCCCCCCCCCCCCCCCCCCCCCCCCCCCCCCCCCCCCC)COP(=O)(O)OCCN. The summed E-state index contributed by atoms with van der Waals surface area (Å²) in [7, 11) is -4.39. The first-order valence-electron chi connectivity index (χ1n) is 37.7. The minimum absolute atomic E-state index is 0.0573. The van der Waals surface area contributed by atoms with Crippen LogP contribution in [0, 0.1) is 0 Å². The second-order valence-corrected chi connectivity index (χ2v) is 27.3. The average Bonchev–Trinajstić information content (AvgIpc) is 3.55. The highest BCUT2D eigenvalue weighted by atomic mass is 31.2. The van der Waals surface area contributed by atoms with Crippen LogP contribution in [0.15, 0.2) is 12.2 Å². The van der Waals surface area contributed by atoms with Gasteiger partial charge in [-0.1, -0.05) is 379 Å². The molecule has 0 bridgehead atoms. The number of rotatable bonds is 73. The Hall–Kier alpha value is -1.25. The summed E-state index contributed by atoms with van der Waals surface area (Å²) < 4.78 is 33.2. The lowest BCUT2D eigenvalue weighted by molar-refractivity contribution is -0.161. The van der Waals surface area contributed by atoms with E-state index in [9.17, 15) is 19.0 Å². The number of hydrogen-bond donors (Lipinski definition) is 2. The van der Waals surface area contributed by atoms with Gasteiger partial charge in [-0.25, -0.2) is 4.57 Å². The number of phosphoric ester groups is 1. The molecule has 2 atom stereocenters. The Labute approximate surface area is 523 Å². The van der Waals surface area contributed by atoms with E-state index < -0.39 is 26.5 Å². The number of phosphoric acid groups is 1. The number of hydrogen-bond acceptors (Lipinski definition) is 8. The van der Waals surface area contributed by atoms with Crippen molar-refractivity contribution in [1.29, 1.82) is 0 Å². The van der Waals surface area contributed by atoms with Crippen molar-refractivity contribution in [2.24, 2.45) is 5.73 Å². The van der Waals surface area contributed by atoms with E-state index in [4.69, 9.17) is 24.3 Å². The van der Waals surface area contributed by atoms with Gasteiger partial charge in [0.05, 0.1) is 13.2 Å². The number of ether oxygens (including phenoxy) is 2. The molecule has 84 heavy (non-hydrogen) atoms. The summed E-state index contributed by atoms with van der Waals surface area (Å²) in [5, 5.41) is 0. The first-order valence-corrected chi connectivity index (χ1v) is 39.2. The highest BCUT2D eigenvalue weighted by Crippen LogP contribution is 2.43. The molecule has 0 amide bonds. The van der Waals surface area contributed by atoms with Gasteiger partial charge in [-0.15, -0.1) is 0 Å². The Balaban J connectivity index is 3.73. The van der Waals surface area contributed by atoms with Crippen LogP contribution in [0.2, 0.25) is 0 Å². The summed E-state index contributed by atoms with van der Waals surface area (Å²) in [6.07, 6.45) is 86.3. The summed E-state index contributed by atoms with van der Waals surface area (Å²) >= 11 is 0. The Morgan fingerprint density at radius 1 is 0.345 bits per heavy atom. The van der Waals surface area contributed by atoms with Gasteiger partial charge >= 0.3 is 19.8 Å². The van der Waals surface area contributed by atoms with E-state index in [1.807, 2.05) is 0 Å². The quantitative estimate of drug-likeness (QED) is 0.0264. The average molecular weight is 1210 g/mol. The van der Waals surface area contributed by atoms with Gasteiger partial charge in [0.1, 0.15) is 6.61 Å². The number of nitrogens with two attached hydrogens (primary N) is 1. The molecule has 0 saturated heterocycles. The molecule has 0 spiro atoms. The van der Waals surface area contributed by atoms with Gasteiger partial charge in [0, 0.05) is 19.4 Å². The van der Waals surface area contributed by atoms with Gasteiger partial charge in [0.15, 0.2) is 6.10 Å². The van der Waals surface area contributed by atoms with Gasteiger partial charge in [-0.3, -0.25) is 18.6 Å². The number of carbonyl (C=O) groups is 2. The molecule has 9 nitrogen and oxygen atoms in total. The lowest BCUT2D eigenvalue weighted by Crippen LogP contribution is -2.29. The highest BCUT2D eigenvalue weighted by molar-refractivity contribution is 7.47. The van der Waals surface area contributed by atoms with Gasteiger partial charge in [0.2, 0.25) is 0 Å². The number of allylic oxidation sites excluding steroid dienone is 2. The smallest absolute Gasteiger partial charge is 0.462 e. The molecule has 3 N–H and O–H groups in total. The molecular weight excluding hydrogens is 1060 g/mol. The van der Waals surface area contributed by atoms with Crippen LogP contribution in [0.3, 0.4) is 0 Å². The Morgan fingerprint density at radius 2 is 0.583 bits per heavy atom. The van der Waals surface area contributed by atoms with Crippen LogP contribution < -0.4 is 5.73 Å². The van der Waals surface area contributed by atoms with Crippen LogP contribution in [0.4, 0.5) is 0 Å². The second kappa shape index (κ2) is 70.8. The van der Waals surface area contributed by atoms with Gasteiger partial charge in [-0.05, 0) is 38.5 Å². The van der Waals surface area contributed by atoms with Crippen LogP contribution in [0.1, 0.15) is 418 Å². The maximum atomic E-state index is 12.8. The van der Waals surface area contributed by atoms with Crippen molar-refractivity contribution in [3.63, 3.8) is 0 Å². The highest BCUT2D eigenvalue weighted by Gasteiger charge is 2.26. The summed E-state index contributed by atoms with van der Waals surface area (Å²) in [4.78, 5) is 35.4. The molecule has 0 rings (SSSR count). The Bertz CT molecular complexity index is 1380. The van der Waals surface area contributed by atoms with Gasteiger partial charge in [-0.2, -0.15) is 0 Å². The summed E-state index contributed by atoms with van der Waals surface area (Å²) in [5.41, 5.74) is 5.41. The standard InChI is InChI=1S/C74H146NO8P/c1-3-5-7-9-11-13-15-17-19-21-23-25-27-29-30-31-32-33-34-35-36-37-38-39-40-41-43-44-46-48-50-52-54-56-58-60-62-64-66-73(76)80-70-72(71-82-84(78,79)81-69-68-75)83-74(77)67-65-63-61-59-57-55-53-51-49-47-45-42-28-26-24-22-20-18-16-14-12-10-8-6-4-2/h22,24,72H,3-21,23,25-71,75H2,1-2H3,(H,78,79)/b24-22-. The molecule has 0 aromatic rings. The first kappa shape index (κ1) is 82.8. The number of esters is 2. The van der Waals surface area contributed by atoms with Crippen LogP contribution >= 0.6 is 7.82 Å². The zero-order valence-electron chi connectivity index (χ0n) is 56.4. The van der Waals surface area contributed by atoms with Gasteiger partial charge in [0.25, 0.3) is 0 Å². The molecule has 2 unspecified atom stereocenters. The summed E-state index contributed by atoms with van der Waals surface area (Å²) in [6.45, 7) is 3.84. The zero-order valence-corrected chi connectivity index (χ0v) is 57.3. The third kappa shape index (κ3) is 69.8. The molecule has 0 fully saturated rings. The third-order valence-corrected chi connectivity index (χ3v) is 18.4. The normalized spacial score (nSPS) is 12.9. The summed E-state index contributed by atoms with van der Waals surface area (Å²) in [6, 6.07) is 0. The van der Waals surface area contributed by atoms with Crippen molar-refractivity contribution < 1.29 is 37.6 Å². The fourth-order valence-corrected chi connectivity index (χ4v) is 12.6. The number of unbranched alkanes of at least 4 members (excludes halogenated alkanes) is 58. The maximum absolute atomic E-state index is 12.8. The van der Waals surface area contributed by atoms with E-state index in [-0.39, 0.29) is 38.6 Å². The largest absolute Gasteiger partial charge is 0.472 e. The van der Waals surface area contributed by atoms with E-state index in [0.717, 1.165) is 32.1 Å². The van der Waals surface area contributed by atoms with Crippen molar-refractivity contribution in [2.45, 2.75) is 424 Å². The van der Waals surface area contributed by atoms with Crippen LogP contribution in [0.5, 0.6) is 0 Å². The minimum Gasteiger partial charge on any atom is -0.462 e. The fourth-order valence-electron chi connectivity index (χ4n) is 11.8. The molecule has 500 valence electrons. The minimum atomic E-state index is -4.39. The van der Waals surface area contributed by atoms with Crippen molar-refractivity contribution in [3.05, 3.63) is 12.2 Å². The lowest BCUT2D eigenvalue weighted by Gasteiger charge is -2.19. The molecular formula is C74H146NO8P. The van der Waals surface area contributed by atoms with Crippen LogP contribution in [-0.2, 0) is 32.7 Å². The van der Waals surface area contributed by atoms with E-state index >= 15 is 0 Å². The number of carbonyl (C=O) groups excluding carboxylic acids is 2. The zero-order chi connectivity index (χ0) is 60.9. The van der Waals surface area contributed by atoms with E-state index in [0.29, 0.717) is 6.42 Å². The van der Waals surface area contributed by atoms with Crippen molar-refractivity contribution in [3.8, 4) is 0 Å². The van der Waals surface area contributed by atoms with Crippen molar-refractivity contribution >= 4 is 19.8 Å². The molecule has 0 aromatic carbocycles. The monoisotopic (exact) mass is 1210 g/mol. The van der Waals surface area contributed by atoms with E-state index in [1.54, 1.807) is 0 Å². The maximum Gasteiger partial charge on any atom is 0.472 e. The van der Waals surface area contributed by atoms with Crippen LogP contribution in [0.25, 0.3) is 0 Å². The molecule has 0 aliphatic heterocycles. The Kier molecular flexibility index (Phi) is 69.8. The molecule has 0 aromatic heterocycles. The Morgan fingerprint density at radius 3 is 0.845 bits per heavy atom. The predicted octanol–water partition coefficient (Wildman–Crippen LogP) is 24.7. The predicted molar refractivity (Wildman–Crippen MR) is 363 cm³/mol. The molecule has 0 aliphatic carbocycles. The van der Waals surface area contributed by atoms with Gasteiger partial charge < -0.3 is 20.1 Å². The summed E-state index contributed by atoms with van der Waals surface area (Å²) in [5.74, 6) is -0.801. The second-order valence-electron chi connectivity index (χ2n) is 25.9. The molecule has 0 heterocycles. The topological polar surface area (TPSA) is 134 Å². The van der Waals surface area contributed by atoms with Crippen molar-refractivity contribution in [2.75, 3.05) is 26.4 Å². The molecule has 0 aliphatic rings. The first-order chi connectivity index (χ1) is 41.3. The fraction of sp³-hybridized carbons (Fsp3) is 0.946. The molecule has 10 heteroatoms. The van der Waals surface area contributed by atoms with Crippen molar-refractivity contribution in [1.82, 2.24) is 0 Å². The lowest BCUT2D eigenvalue weighted by atomic mass is 10.0. The molecule has 0 radical (unpaired) electrons. The van der Waals surface area contributed by atoms with Crippen LogP contribution in [-0.4, -0.2) is 49.3 Å². The van der Waals surface area contributed by atoms with E-state index in [2.05, 4.69) is 26.0 Å². The third-order valence-electron chi connectivity index (χ3n) is 17.4. The van der Waals surface area contributed by atoms with E-state index in [1.165, 1.54) is 353 Å².